The molecule has 0 unspecified atom stereocenters. The summed E-state index contributed by atoms with van der Waals surface area (Å²) >= 11 is -2.42. The van der Waals surface area contributed by atoms with Crippen molar-refractivity contribution in [1.82, 2.24) is 0 Å². The third-order valence-electron chi connectivity index (χ3n) is 0. The second kappa shape index (κ2) is 18.0. The van der Waals surface area contributed by atoms with E-state index in [2.05, 4.69) is 0 Å². The van der Waals surface area contributed by atoms with Crippen molar-refractivity contribution in [1.29, 1.82) is 0 Å². The van der Waals surface area contributed by atoms with Crippen LogP contribution in [0.4, 0.5) is 0 Å². The van der Waals surface area contributed by atoms with Gasteiger partial charge in [0.15, 0.2) is 0 Å². The Hall–Kier alpha value is 1.43. The molecule has 0 atom stereocenters. The van der Waals surface area contributed by atoms with E-state index in [0.29, 0.717) is 0 Å². The SMILES string of the molecule is O.[Ni].[O]=[Ce]=[O]. The van der Waals surface area contributed by atoms with E-state index < -0.39 is 37.8 Å². The Morgan fingerprint density at radius 1 is 1.20 bits per heavy atom. The van der Waals surface area contributed by atoms with Gasteiger partial charge >= 0.3 is 39.7 Å². The zero-order valence-corrected chi connectivity index (χ0v) is 6.26. The van der Waals surface area contributed by atoms with Crippen LogP contribution < -0.4 is 0 Å². The molecule has 0 saturated heterocycles. The van der Waals surface area contributed by atoms with E-state index >= 15 is 0 Å². The van der Waals surface area contributed by atoms with E-state index in [9.17, 15) is 0 Å². The van der Waals surface area contributed by atoms with E-state index in [0.717, 1.165) is 0 Å². The molecule has 0 aliphatic rings. The Balaban J connectivity index is -0.0000000200. The molecular formula is H2CeNiO3. The molecule has 0 aliphatic carbocycles. The molecule has 2 N–H and O–H groups in total. The molecule has 0 radical (unpaired) electrons. The predicted octanol–water partition coefficient (Wildman–Crippen LogP) is -1.06. The van der Waals surface area contributed by atoms with Crippen molar-refractivity contribution in [3.63, 3.8) is 0 Å². The maximum absolute atomic E-state index is 8.57. The fourth-order valence-electron chi connectivity index (χ4n) is 0. The molecule has 0 spiro atoms. The molecule has 5 heavy (non-hydrogen) atoms. The first-order chi connectivity index (χ1) is 1.41. The van der Waals surface area contributed by atoms with Crippen LogP contribution in [0.5, 0.6) is 0 Å². The van der Waals surface area contributed by atoms with Gasteiger partial charge in [0.2, 0.25) is 0 Å². The van der Waals surface area contributed by atoms with Crippen LogP contribution >= 0.6 is 0 Å². The van der Waals surface area contributed by atoms with E-state index in [1.54, 1.807) is 0 Å². The molecule has 3 nitrogen and oxygen atoms in total. The molecule has 0 amide bonds. The third kappa shape index (κ3) is 31.2. The van der Waals surface area contributed by atoms with Gasteiger partial charge in [-0.3, -0.25) is 0 Å². The summed E-state index contributed by atoms with van der Waals surface area (Å²) < 4.78 is 17.1. The van der Waals surface area contributed by atoms with Gasteiger partial charge in [0.05, 0.1) is 0 Å². The van der Waals surface area contributed by atoms with Crippen LogP contribution in [-0.4, -0.2) is 5.48 Å². The summed E-state index contributed by atoms with van der Waals surface area (Å²) in [5.74, 6) is 0. The summed E-state index contributed by atoms with van der Waals surface area (Å²) in [6, 6.07) is 0. The Morgan fingerprint density at radius 3 is 1.20 bits per heavy atom. The summed E-state index contributed by atoms with van der Waals surface area (Å²) in [5, 5.41) is 0. The average Bonchev–Trinajstić information content (AvgIpc) is 0.918. The molecule has 0 heterocycles. The predicted molar refractivity (Wildman–Crippen MR) is 4.99 cm³/mol. The van der Waals surface area contributed by atoms with Gasteiger partial charge in [-0.1, -0.05) is 0 Å². The molecule has 5 heteroatoms. The summed E-state index contributed by atoms with van der Waals surface area (Å²) in [4.78, 5) is 0. The van der Waals surface area contributed by atoms with E-state index in [1.807, 2.05) is 0 Å². The van der Waals surface area contributed by atoms with E-state index in [-0.39, 0.29) is 22.0 Å². The van der Waals surface area contributed by atoms with Crippen LogP contribution in [0.25, 0.3) is 0 Å². The quantitative estimate of drug-likeness (QED) is 0.513. The van der Waals surface area contributed by atoms with Crippen molar-refractivity contribution in [3.05, 3.63) is 0 Å². The summed E-state index contributed by atoms with van der Waals surface area (Å²) in [5.41, 5.74) is 0. The van der Waals surface area contributed by atoms with Gasteiger partial charge in [-0.15, -0.1) is 0 Å². The zero-order chi connectivity index (χ0) is 2.71. The average molecular weight is 249 g/mol. The van der Waals surface area contributed by atoms with Gasteiger partial charge in [-0.05, 0) is 0 Å². The fraction of sp³-hybridized carbons (Fsp3) is 0. The van der Waals surface area contributed by atoms with Crippen molar-refractivity contribution in [2.45, 2.75) is 0 Å². The first kappa shape index (κ1) is 16.1. The van der Waals surface area contributed by atoms with Crippen molar-refractivity contribution in [2.24, 2.45) is 0 Å². The van der Waals surface area contributed by atoms with Crippen molar-refractivity contribution >= 4 is 0 Å². The Labute approximate surface area is 60.7 Å². The second-order valence-corrected chi connectivity index (χ2v) is 0.607. The number of rotatable bonds is 0. The number of hydrogen-bond acceptors (Lipinski definition) is 2. The van der Waals surface area contributed by atoms with Gasteiger partial charge in [0.25, 0.3) is 0 Å². The molecule has 0 aliphatic heterocycles. The first-order valence-corrected chi connectivity index (χ1v) is 2.97. The van der Waals surface area contributed by atoms with Crippen LogP contribution in [0.1, 0.15) is 0 Å². The van der Waals surface area contributed by atoms with Gasteiger partial charge in [-0.25, -0.2) is 0 Å². The van der Waals surface area contributed by atoms with Crippen molar-refractivity contribution in [3.8, 4) is 0 Å². The number of hydrogen-bond donors (Lipinski definition) is 0. The standard InChI is InChI=1S/Ce.Ni.H2O.2O/h;;1H2;;. The molecule has 0 bridgehead atoms. The Bertz CT molecular complexity index is 27.9. The maximum atomic E-state index is 8.57. The minimum absolute atomic E-state index is 0. The summed E-state index contributed by atoms with van der Waals surface area (Å²) in [6.07, 6.45) is 0. The molecule has 0 rings (SSSR count). The Morgan fingerprint density at radius 2 is 1.20 bits per heavy atom. The molecule has 34 valence electrons. The van der Waals surface area contributed by atoms with Crippen LogP contribution in [0, 0.1) is 37.8 Å². The Kier molecular flexibility index (Phi) is 58.2. The summed E-state index contributed by atoms with van der Waals surface area (Å²) in [6.45, 7) is 0. The van der Waals surface area contributed by atoms with E-state index in [4.69, 9.17) is 1.88 Å². The minimum atomic E-state index is -2.42. The molecular weight excluding hydrogens is 247 g/mol. The van der Waals surface area contributed by atoms with Gasteiger partial charge in [-0.2, -0.15) is 0 Å². The molecule has 0 aromatic rings. The van der Waals surface area contributed by atoms with Crippen LogP contribution in [0.2, 0.25) is 0 Å². The molecule has 0 aromatic carbocycles. The third-order valence-corrected chi connectivity index (χ3v) is 0. The monoisotopic (exact) mass is 248 g/mol. The zero-order valence-electron chi connectivity index (χ0n) is 2.13. The molecule has 0 aromatic heterocycles. The van der Waals surface area contributed by atoms with E-state index in [1.165, 1.54) is 0 Å². The van der Waals surface area contributed by atoms with Crippen LogP contribution in [-0.2, 0) is 18.4 Å². The second-order valence-electron chi connectivity index (χ2n) is 0.0833. The molecule has 0 fully saturated rings. The normalized spacial score (nSPS) is 1.60. The first-order valence-electron chi connectivity index (χ1n) is 0.408. The molecule has 0 saturated carbocycles. The van der Waals surface area contributed by atoms with Crippen LogP contribution in [0.3, 0.4) is 0 Å². The fourth-order valence-corrected chi connectivity index (χ4v) is 0. The van der Waals surface area contributed by atoms with Crippen molar-refractivity contribution < 1.29 is 61.6 Å². The topological polar surface area (TPSA) is 65.6 Å². The van der Waals surface area contributed by atoms with Gasteiger partial charge < -0.3 is 5.48 Å². The van der Waals surface area contributed by atoms with Crippen molar-refractivity contribution in [2.75, 3.05) is 0 Å². The summed E-state index contributed by atoms with van der Waals surface area (Å²) in [7, 11) is 0. The van der Waals surface area contributed by atoms with Crippen LogP contribution in [0.15, 0.2) is 0 Å². The van der Waals surface area contributed by atoms with Gasteiger partial charge in [0, 0.05) is 16.5 Å². The van der Waals surface area contributed by atoms with Gasteiger partial charge in [0.1, 0.15) is 0 Å².